The third-order valence-corrected chi connectivity index (χ3v) is 6.83. The zero-order valence-electron chi connectivity index (χ0n) is 21.5. The minimum absolute atomic E-state index is 0.0790. The monoisotopic (exact) mass is 570 g/mol. The number of hydrogen-bond donors (Lipinski definition) is 1. The highest BCUT2D eigenvalue weighted by Crippen LogP contribution is 2.40. The highest BCUT2D eigenvalue weighted by Gasteiger charge is 2.30. The summed E-state index contributed by atoms with van der Waals surface area (Å²) in [4.78, 5) is 16.1. The Balaban J connectivity index is 1.38. The minimum Gasteiger partial charge on any atom is -0.483 e. The second-order valence-electron chi connectivity index (χ2n) is 9.61. The molecule has 1 unspecified atom stereocenters. The van der Waals surface area contributed by atoms with Gasteiger partial charge in [-0.05, 0) is 54.3 Å². The molecule has 0 aliphatic heterocycles. The largest absolute Gasteiger partial charge is 0.483 e. The molecule has 0 radical (unpaired) electrons. The smallest absolute Gasteiger partial charge is 0.422 e. The van der Waals surface area contributed by atoms with Gasteiger partial charge in [0.05, 0.1) is 25.0 Å². The van der Waals surface area contributed by atoms with Gasteiger partial charge in [-0.15, -0.1) is 0 Å². The number of ether oxygens (including phenoxy) is 2. The first-order chi connectivity index (χ1) is 19.2. The van der Waals surface area contributed by atoms with Gasteiger partial charge in [0.15, 0.2) is 6.61 Å². The summed E-state index contributed by atoms with van der Waals surface area (Å²) in [5.74, 6) is 0.661. The number of carbonyl (C=O) groups is 1. The number of amides is 1. The van der Waals surface area contributed by atoms with Crippen LogP contribution in [0.1, 0.15) is 31.0 Å². The van der Waals surface area contributed by atoms with E-state index in [1.807, 2.05) is 35.1 Å². The molecular formula is C29H26ClF3N4O3. The Morgan fingerprint density at radius 1 is 1.07 bits per heavy atom. The zero-order valence-corrected chi connectivity index (χ0v) is 22.2. The third-order valence-electron chi connectivity index (χ3n) is 6.60. The Bertz CT molecular complexity index is 1470. The number of halogens is 4. The molecule has 7 nitrogen and oxygen atoms in total. The second kappa shape index (κ2) is 11.6. The number of carbonyl (C=O) groups excluding carboxylic acids is 1. The molecule has 2 aromatic heterocycles. The summed E-state index contributed by atoms with van der Waals surface area (Å²) < 4.78 is 49.8. The molecule has 1 saturated carbocycles. The van der Waals surface area contributed by atoms with E-state index in [9.17, 15) is 18.0 Å². The van der Waals surface area contributed by atoms with Crippen molar-refractivity contribution >= 4 is 23.4 Å². The molecule has 208 valence electrons. The van der Waals surface area contributed by atoms with Gasteiger partial charge in [-0.3, -0.25) is 15.0 Å². The van der Waals surface area contributed by atoms with Crippen molar-refractivity contribution in [2.45, 2.75) is 31.5 Å². The number of pyridine rings is 1. The van der Waals surface area contributed by atoms with E-state index in [2.05, 4.69) is 20.1 Å². The topological polar surface area (TPSA) is 78.3 Å². The van der Waals surface area contributed by atoms with Crippen LogP contribution in [0, 0.1) is 5.92 Å². The summed E-state index contributed by atoms with van der Waals surface area (Å²) in [6, 6.07) is 15.4. The summed E-state index contributed by atoms with van der Waals surface area (Å²) in [5.41, 5.74) is 4.28. The molecule has 1 amide bonds. The normalized spacial score (nSPS) is 14.0. The lowest BCUT2D eigenvalue weighted by atomic mass is 10.0. The van der Waals surface area contributed by atoms with E-state index in [4.69, 9.17) is 16.3 Å². The van der Waals surface area contributed by atoms with Crippen molar-refractivity contribution < 1.29 is 27.4 Å². The fourth-order valence-electron chi connectivity index (χ4n) is 4.38. The van der Waals surface area contributed by atoms with Gasteiger partial charge in [0, 0.05) is 39.8 Å². The molecule has 0 spiro atoms. The molecule has 1 aliphatic rings. The standard InChI is InChI=1S/C29H26ClF3N4O3/c1-39-28(38)36-23-8-4-19(5-9-23)21-15-35-37(16-21)26(12-18-2-3-18)25-10-6-20(14-34-25)24-13-22(30)7-11-27(24)40-17-29(31,32)33/h4-11,13-16,18,26H,2-3,12,17H2,1H3,(H,36,38). The van der Waals surface area contributed by atoms with Crippen LogP contribution in [0.15, 0.2) is 73.2 Å². The molecule has 11 heteroatoms. The molecule has 1 atom stereocenters. The van der Waals surface area contributed by atoms with Crippen LogP contribution < -0.4 is 10.1 Å². The van der Waals surface area contributed by atoms with Crippen LogP contribution in [0.5, 0.6) is 5.75 Å². The Morgan fingerprint density at radius 2 is 1.82 bits per heavy atom. The first-order valence-corrected chi connectivity index (χ1v) is 13.0. The van der Waals surface area contributed by atoms with Gasteiger partial charge >= 0.3 is 12.3 Å². The van der Waals surface area contributed by atoms with Crippen LogP contribution in [-0.4, -0.2) is 40.8 Å². The van der Waals surface area contributed by atoms with E-state index in [-0.39, 0.29) is 11.8 Å². The molecule has 5 rings (SSSR count). The highest BCUT2D eigenvalue weighted by molar-refractivity contribution is 6.31. The number of aromatic nitrogens is 3. The summed E-state index contributed by atoms with van der Waals surface area (Å²) >= 11 is 6.14. The van der Waals surface area contributed by atoms with E-state index < -0.39 is 18.9 Å². The molecule has 40 heavy (non-hydrogen) atoms. The molecule has 2 heterocycles. The second-order valence-corrected chi connectivity index (χ2v) is 10.1. The Kier molecular flexibility index (Phi) is 7.97. The number of methoxy groups -OCH3 is 1. The maximum absolute atomic E-state index is 12.8. The van der Waals surface area contributed by atoms with Gasteiger partial charge in [0.2, 0.25) is 0 Å². The lowest BCUT2D eigenvalue weighted by molar-refractivity contribution is -0.153. The summed E-state index contributed by atoms with van der Waals surface area (Å²) in [6.07, 6.45) is 3.55. The fraction of sp³-hybridized carbons (Fsp3) is 0.276. The Labute approximate surface area is 233 Å². The van der Waals surface area contributed by atoms with E-state index in [0.29, 0.717) is 27.8 Å². The van der Waals surface area contributed by atoms with Gasteiger partial charge in [0.1, 0.15) is 5.75 Å². The van der Waals surface area contributed by atoms with Gasteiger partial charge < -0.3 is 9.47 Å². The fourth-order valence-corrected chi connectivity index (χ4v) is 4.55. The summed E-state index contributed by atoms with van der Waals surface area (Å²) in [7, 11) is 1.31. The van der Waals surface area contributed by atoms with Crippen molar-refractivity contribution in [2.75, 3.05) is 19.0 Å². The van der Waals surface area contributed by atoms with Crippen LogP contribution in [0.3, 0.4) is 0 Å². The Morgan fingerprint density at radius 3 is 2.48 bits per heavy atom. The van der Waals surface area contributed by atoms with Gasteiger partial charge in [0.25, 0.3) is 0 Å². The van der Waals surface area contributed by atoms with E-state index in [1.54, 1.807) is 30.6 Å². The molecule has 1 fully saturated rings. The van der Waals surface area contributed by atoms with Crippen molar-refractivity contribution in [1.29, 1.82) is 0 Å². The molecule has 4 aromatic rings. The van der Waals surface area contributed by atoms with Crippen LogP contribution in [0.4, 0.5) is 23.7 Å². The average Bonchev–Trinajstić information content (AvgIpc) is 3.64. The first-order valence-electron chi connectivity index (χ1n) is 12.6. The van der Waals surface area contributed by atoms with Crippen molar-refractivity contribution in [3.05, 3.63) is 83.9 Å². The molecule has 0 bridgehead atoms. The lowest BCUT2D eigenvalue weighted by Gasteiger charge is -2.18. The molecule has 1 aliphatic carbocycles. The van der Waals surface area contributed by atoms with E-state index in [0.717, 1.165) is 36.1 Å². The van der Waals surface area contributed by atoms with Crippen LogP contribution in [0.25, 0.3) is 22.3 Å². The van der Waals surface area contributed by atoms with E-state index >= 15 is 0 Å². The minimum atomic E-state index is -4.46. The average molecular weight is 571 g/mol. The third kappa shape index (κ3) is 6.93. The maximum atomic E-state index is 12.8. The SMILES string of the molecule is COC(=O)Nc1ccc(-c2cnn(C(CC3CC3)c3ccc(-c4cc(Cl)ccc4OCC(F)(F)F)cn3)c2)cc1. The van der Waals surface area contributed by atoms with Gasteiger partial charge in [-0.1, -0.05) is 42.6 Å². The van der Waals surface area contributed by atoms with Crippen molar-refractivity contribution in [1.82, 2.24) is 14.8 Å². The van der Waals surface area contributed by atoms with Crippen molar-refractivity contribution in [3.63, 3.8) is 0 Å². The molecular weight excluding hydrogens is 545 g/mol. The van der Waals surface area contributed by atoms with E-state index in [1.165, 1.54) is 19.2 Å². The quantitative estimate of drug-likeness (QED) is 0.222. The molecule has 1 N–H and O–H groups in total. The maximum Gasteiger partial charge on any atom is 0.422 e. The Hall–Kier alpha value is -4.05. The molecule has 0 saturated heterocycles. The predicted octanol–water partition coefficient (Wildman–Crippen LogP) is 7.77. The number of anilines is 1. The van der Waals surface area contributed by atoms with Crippen LogP contribution >= 0.6 is 11.6 Å². The predicted molar refractivity (Wildman–Crippen MR) is 145 cm³/mol. The van der Waals surface area contributed by atoms with Crippen molar-refractivity contribution in [2.24, 2.45) is 5.92 Å². The zero-order chi connectivity index (χ0) is 28.3. The van der Waals surface area contributed by atoms with Crippen molar-refractivity contribution in [3.8, 4) is 28.0 Å². The highest BCUT2D eigenvalue weighted by atomic mass is 35.5. The van der Waals surface area contributed by atoms with Gasteiger partial charge in [-0.25, -0.2) is 4.79 Å². The number of nitrogens with one attached hydrogen (secondary N) is 1. The number of nitrogens with zero attached hydrogens (tertiary/aromatic N) is 3. The number of rotatable bonds is 9. The first kappa shape index (κ1) is 27.5. The summed E-state index contributed by atoms with van der Waals surface area (Å²) in [5, 5.41) is 7.63. The number of benzene rings is 2. The van der Waals surface area contributed by atoms with Crippen LogP contribution in [0.2, 0.25) is 5.02 Å². The summed E-state index contributed by atoms with van der Waals surface area (Å²) in [6.45, 7) is -1.40. The van der Waals surface area contributed by atoms with Crippen LogP contribution in [-0.2, 0) is 4.74 Å². The molecule has 2 aromatic carbocycles. The number of hydrogen-bond acceptors (Lipinski definition) is 5. The number of alkyl halides is 3. The lowest BCUT2D eigenvalue weighted by Crippen LogP contribution is -2.19. The van der Waals surface area contributed by atoms with Gasteiger partial charge in [-0.2, -0.15) is 18.3 Å².